The SMILES string of the molecule is O=C1C2C(C(=O)N1C[C@@H]1CCCC[C@H]1CN1CCC(=C3c4ccccc4CCc4cccnc43)CC1)[C@H]1CC[C@@H]2C1. The van der Waals surface area contributed by atoms with Crippen LogP contribution in [-0.2, 0) is 22.4 Å². The molecule has 3 heterocycles. The first kappa shape index (κ1) is 25.9. The molecule has 5 nitrogen and oxygen atoms in total. The predicted octanol–water partition coefficient (Wildman–Crippen LogP) is 5.92. The van der Waals surface area contributed by atoms with E-state index in [2.05, 4.69) is 41.3 Å². The lowest BCUT2D eigenvalue weighted by atomic mass is 9.78. The Morgan fingerprint density at radius 3 is 2.15 bits per heavy atom. The Morgan fingerprint density at radius 2 is 1.39 bits per heavy atom. The monoisotopic (exact) mass is 549 g/mol. The van der Waals surface area contributed by atoms with Crippen molar-refractivity contribution >= 4 is 17.4 Å². The Kier molecular flexibility index (Phi) is 6.62. The van der Waals surface area contributed by atoms with E-state index in [4.69, 9.17) is 4.98 Å². The second kappa shape index (κ2) is 10.5. The Morgan fingerprint density at radius 1 is 0.732 bits per heavy atom. The number of nitrogens with zero attached hydrogens (tertiary/aromatic N) is 3. The molecule has 2 amide bonds. The highest BCUT2D eigenvalue weighted by molar-refractivity contribution is 6.06. The fourth-order valence-corrected chi connectivity index (χ4v) is 9.84. The van der Waals surface area contributed by atoms with Crippen LogP contribution in [0.1, 0.15) is 80.2 Å². The summed E-state index contributed by atoms with van der Waals surface area (Å²) >= 11 is 0. The van der Waals surface area contributed by atoms with Crippen LogP contribution in [0.25, 0.3) is 5.57 Å². The number of piperidine rings is 1. The zero-order chi connectivity index (χ0) is 27.5. The van der Waals surface area contributed by atoms with Crippen LogP contribution in [0.5, 0.6) is 0 Å². The van der Waals surface area contributed by atoms with Gasteiger partial charge in [0.25, 0.3) is 0 Å². The minimum atomic E-state index is 0.0191. The molecule has 41 heavy (non-hydrogen) atoms. The zero-order valence-corrected chi connectivity index (χ0v) is 24.3. The average molecular weight is 550 g/mol. The first-order chi connectivity index (χ1) is 20.2. The van der Waals surface area contributed by atoms with Crippen LogP contribution in [0.4, 0.5) is 0 Å². The molecule has 4 aliphatic carbocycles. The molecule has 5 fully saturated rings. The van der Waals surface area contributed by atoms with E-state index in [1.54, 1.807) is 10.5 Å². The number of carbonyl (C=O) groups is 2. The predicted molar refractivity (Wildman–Crippen MR) is 160 cm³/mol. The van der Waals surface area contributed by atoms with Gasteiger partial charge in [0, 0.05) is 37.9 Å². The number of aryl methyl sites for hydroxylation is 2. The summed E-state index contributed by atoms with van der Waals surface area (Å²) in [7, 11) is 0. The van der Waals surface area contributed by atoms with Gasteiger partial charge in [0.05, 0.1) is 17.5 Å². The number of hydrogen-bond donors (Lipinski definition) is 0. The normalized spacial score (nSPS) is 33.1. The molecule has 0 spiro atoms. The summed E-state index contributed by atoms with van der Waals surface area (Å²) in [4.78, 5) is 36.2. The summed E-state index contributed by atoms with van der Waals surface area (Å²) < 4.78 is 0. The molecule has 1 aromatic heterocycles. The Labute approximate surface area is 244 Å². The molecule has 3 saturated carbocycles. The van der Waals surface area contributed by atoms with Crippen molar-refractivity contribution in [1.29, 1.82) is 0 Å². The molecule has 2 aliphatic heterocycles. The lowest BCUT2D eigenvalue weighted by Crippen LogP contribution is -2.43. The van der Waals surface area contributed by atoms with Gasteiger partial charge in [-0.2, -0.15) is 0 Å². The van der Waals surface area contributed by atoms with Crippen LogP contribution in [0.3, 0.4) is 0 Å². The second-order valence-corrected chi connectivity index (χ2v) is 13.9. The third-order valence-electron chi connectivity index (χ3n) is 11.9. The highest BCUT2D eigenvalue weighted by atomic mass is 16.2. The molecule has 214 valence electrons. The maximum absolute atomic E-state index is 13.4. The number of fused-ring (bicyclic) bond motifs is 7. The summed E-state index contributed by atoms with van der Waals surface area (Å²) in [6.45, 7) is 3.95. The van der Waals surface area contributed by atoms with E-state index in [-0.39, 0.29) is 23.7 Å². The van der Waals surface area contributed by atoms with E-state index in [1.807, 2.05) is 6.20 Å². The molecule has 2 saturated heterocycles. The van der Waals surface area contributed by atoms with Crippen LogP contribution < -0.4 is 0 Å². The summed E-state index contributed by atoms with van der Waals surface area (Å²) in [5.74, 6) is 2.40. The molecule has 2 aromatic rings. The number of imide groups is 1. The van der Waals surface area contributed by atoms with Crippen molar-refractivity contribution in [3.05, 3.63) is 70.6 Å². The number of aromatic nitrogens is 1. The van der Waals surface area contributed by atoms with Crippen LogP contribution in [0.2, 0.25) is 0 Å². The van der Waals surface area contributed by atoms with Gasteiger partial charge in [0.1, 0.15) is 0 Å². The minimum Gasteiger partial charge on any atom is -0.302 e. The molecule has 2 bridgehead atoms. The molecule has 0 N–H and O–H groups in total. The number of pyridine rings is 1. The van der Waals surface area contributed by atoms with E-state index in [9.17, 15) is 9.59 Å². The van der Waals surface area contributed by atoms with E-state index in [1.165, 1.54) is 47.2 Å². The second-order valence-electron chi connectivity index (χ2n) is 13.9. The van der Waals surface area contributed by atoms with E-state index in [0.717, 1.165) is 71.0 Å². The van der Waals surface area contributed by atoms with Gasteiger partial charge in [-0.1, -0.05) is 48.7 Å². The van der Waals surface area contributed by atoms with Gasteiger partial charge in [0.15, 0.2) is 0 Å². The molecule has 1 aromatic carbocycles. The van der Waals surface area contributed by atoms with E-state index >= 15 is 0 Å². The highest BCUT2D eigenvalue weighted by Gasteiger charge is 2.61. The van der Waals surface area contributed by atoms with Gasteiger partial charge in [-0.15, -0.1) is 0 Å². The van der Waals surface area contributed by atoms with E-state index < -0.39 is 0 Å². The van der Waals surface area contributed by atoms with Crippen molar-refractivity contribution in [2.75, 3.05) is 26.2 Å². The van der Waals surface area contributed by atoms with Gasteiger partial charge in [0.2, 0.25) is 11.8 Å². The van der Waals surface area contributed by atoms with Crippen molar-refractivity contribution in [2.45, 2.75) is 70.6 Å². The number of amides is 2. The lowest BCUT2D eigenvalue weighted by Gasteiger charge is -2.39. The van der Waals surface area contributed by atoms with Gasteiger partial charge in [-0.05, 0) is 104 Å². The third kappa shape index (κ3) is 4.42. The van der Waals surface area contributed by atoms with Crippen LogP contribution in [-0.4, -0.2) is 52.8 Å². The number of benzene rings is 1. The standard InChI is InChI=1S/C36H43N3O2/c40-35-32-26-13-14-27(20-26)33(32)36(41)39(35)22-29-8-2-1-7-28(29)21-38-18-15-24(16-19-38)31-30-10-4-3-6-23(30)11-12-25-9-5-17-37-34(25)31/h3-6,9-10,17,26-29,32-33H,1-2,7-8,11-16,18-22H2/t26-,27+,28-,29-,32?,33?/m0/s1. The Balaban J connectivity index is 0.975. The lowest BCUT2D eigenvalue weighted by molar-refractivity contribution is -0.142. The van der Waals surface area contributed by atoms with Gasteiger partial charge >= 0.3 is 0 Å². The maximum Gasteiger partial charge on any atom is 0.233 e. The number of rotatable bonds is 4. The summed E-state index contributed by atoms with van der Waals surface area (Å²) in [6, 6.07) is 13.3. The van der Waals surface area contributed by atoms with Crippen molar-refractivity contribution < 1.29 is 9.59 Å². The average Bonchev–Trinajstić information content (AvgIpc) is 3.66. The fraction of sp³-hybridized carbons (Fsp3) is 0.583. The molecular weight excluding hydrogens is 506 g/mol. The van der Waals surface area contributed by atoms with E-state index in [0.29, 0.717) is 30.2 Å². The molecule has 2 unspecified atom stereocenters. The fourth-order valence-electron chi connectivity index (χ4n) is 9.84. The van der Waals surface area contributed by atoms with Crippen molar-refractivity contribution in [3.8, 4) is 0 Å². The molecular formula is C36H43N3O2. The first-order valence-electron chi connectivity index (χ1n) is 16.5. The summed E-state index contributed by atoms with van der Waals surface area (Å²) in [5, 5.41) is 0. The van der Waals surface area contributed by atoms with Crippen molar-refractivity contribution in [3.63, 3.8) is 0 Å². The maximum atomic E-state index is 13.4. The quantitative estimate of drug-likeness (QED) is 0.445. The number of carbonyl (C=O) groups excluding carboxylic acids is 2. The van der Waals surface area contributed by atoms with Gasteiger partial charge in [-0.25, -0.2) is 0 Å². The number of likely N-dealkylation sites (tertiary alicyclic amines) is 2. The zero-order valence-electron chi connectivity index (χ0n) is 24.3. The van der Waals surface area contributed by atoms with Crippen LogP contribution >= 0.6 is 0 Å². The van der Waals surface area contributed by atoms with Crippen molar-refractivity contribution in [1.82, 2.24) is 14.8 Å². The van der Waals surface area contributed by atoms with Crippen molar-refractivity contribution in [2.24, 2.45) is 35.5 Å². The molecule has 6 atom stereocenters. The topological polar surface area (TPSA) is 53.5 Å². The molecule has 0 radical (unpaired) electrons. The van der Waals surface area contributed by atoms with Crippen LogP contribution in [0.15, 0.2) is 48.2 Å². The third-order valence-corrected chi connectivity index (χ3v) is 11.9. The minimum absolute atomic E-state index is 0.0191. The number of hydrogen-bond acceptors (Lipinski definition) is 4. The summed E-state index contributed by atoms with van der Waals surface area (Å²) in [6.07, 6.45) is 14.6. The molecule has 5 heteroatoms. The molecule has 8 rings (SSSR count). The Hall–Kier alpha value is -2.79. The smallest absolute Gasteiger partial charge is 0.233 e. The van der Waals surface area contributed by atoms with Crippen LogP contribution in [0, 0.1) is 35.5 Å². The Bertz CT molecular complexity index is 1310. The highest BCUT2D eigenvalue weighted by Crippen LogP contribution is 2.56. The molecule has 6 aliphatic rings. The largest absolute Gasteiger partial charge is 0.302 e. The summed E-state index contributed by atoms with van der Waals surface area (Å²) in [5.41, 5.74) is 8.37. The first-order valence-corrected chi connectivity index (χ1v) is 16.5. The van der Waals surface area contributed by atoms with Gasteiger partial charge in [-0.3, -0.25) is 19.5 Å². The van der Waals surface area contributed by atoms with Gasteiger partial charge < -0.3 is 4.90 Å².